The molecule has 0 aliphatic carbocycles. The second-order valence-electron chi connectivity index (χ2n) is 5.10. The maximum absolute atomic E-state index is 12.9. The lowest BCUT2D eigenvalue weighted by atomic mass is 10.1. The number of hydrogen-bond acceptors (Lipinski definition) is 5. The quantitative estimate of drug-likeness (QED) is 0.686. The standard InChI is InChI=1S/C18H15NO4S/c1-23-18(20)17(24(21,22)14-8-3-2-4-9-14)16-12-11-13-7-5-6-10-15(13)19-16/h2-12,19H,1H3/b17-16+. The monoisotopic (exact) mass is 341 g/mol. The van der Waals surface area contributed by atoms with Crippen LogP contribution in [-0.2, 0) is 19.4 Å². The smallest absolute Gasteiger partial charge is 0.352 e. The van der Waals surface area contributed by atoms with E-state index < -0.39 is 20.7 Å². The van der Waals surface area contributed by atoms with Gasteiger partial charge in [0.2, 0.25) is 9.84 Å². The lowest BCUT2D eigenvalue weighted by Crippen LogP contribution is -2.21. The highest BCUT2D eigenvalue weighted by molar-refractivity contribution is 7.96. The van der Waals surface area contributed by atoms with E-state index in [0.717, 1.165) is 18.4 Å². The van der Waals surface area contributed by atoms with Gasteiger partial charge in [-0.15, -0.1) is 0 Å². The molecular formula is C18H15NO4S. The highest BCUT2D eigenvalue weighted by Crippen LogP contribution is 2.30. The van der Waals surface area contributed by atoms with Gasteiger partial charge in [-0.2, -0.15) is 0 Å². The molecule has 0 radical (unpaired) electrons. The van der Waals surface area contributed by atoms with Gasteiger partial charge in [0.1, 0.15) is 0 Å². The Morgan fingerprint density at radius 3 is 2.33 bits per heavy atom. The number of benzene rings is 2. The van der Waals surface area contributed by atoms with Crippen molar-refractivity contribution < 1.29 is 17.9 Å². The normalized spacial score (nSPS) is 15.2. The molecule has 1 aliphatic rings. The van der Waals surface area contributed by atoms with Crippen molar-refractivity contribution >= 4 is 27.6 Å². The van der Waals surface area contributed by atoms with Gasteiger partial charge in [0.15, 0.2) is 4.91 Å². The van der Waals surface area contributed by atoms with Crippen LogP contribution >= 0.6 is 0 Å². The average molecular weight is 341 g/mol. The molecule has 0 aromatic heterocycles. The number of rotatable bonds is 3. The number of fused-ring (bicyclic) bond motifs is 1. The molecular weight excluding hydrogens is 326 g/mol. The molecule has 0 saturated carbocycles. The number of esters is 1. The average Bonchev–Trinajstić information content (AvgIpc) is 2.62. The van der Waals surface area contributed by atoms with Gasteiger partial charge in [0.25, 0.3) is 0 Å². The first-order valence-corrected chi connectivity index (χ1v) is 8.69. The molecule has 1 heterocycles. The third-order valence-corrected chi connectivity index (χ3v) is 5.41. The van der Waals surface area contributed by atoms with Gasteiger partial charge in [0, 0.05) is 5.69 Å². The Balaban J connectivity index is 2.18. The maximum atomic E-state index is 12.9. The van der Waals surface area contributed by atoms with E-state index in [-0.39, 0.29) is 10.6 Å². The van der Waals surface area contributed by atoms with Crippen molar-refractivity contribution in [1.82, 2.24) is 0 Å². The highest BCUT2D eigenvalue weighted by Gasteiger charge is 2.32. The molecule has 0 atom stereocenters. The van der Waals surface area contributed by atoms with Gasteiger partial charge in [0.05, 0.1) is 17.7 Å². The Labute approximate surface area is 140 Å². The molecule has 0 unspecified atom stereocenters. The van der Waals surface area contributed by atoms with Crippen molar-refractivity contribution in [2.24, 2.45) is 0 Å². The molecule has 0 spiro atoms. The topological polar surface area (TPSA) is 72.5 Å². The molecule has 2 aromatic carbocycles. The van der Waals surface area contributed by atoms with Gasteiger partial charge >= 0.3 is 5.97 Å². The van der Waals surface area contributed by atoms with Crippen LogP contribution in [0, 0.1) is 0 Å². The zero-order chi connectivity index (χ0) is 17.2. The fourth-order valence-electron chi connectivity index (χ4n) is 2.42. The number of hydrogen-bond donors (Lipinski definition) is 1. The number of methoxy groups -OCH3 is 1. The Kier molecular flexibility index (Phi) is 4.22. The number of anilines is 1. The summed E-state index contributed by atoms with van der Waals surface area (Å²) < 4.78 is 30.5. The molecule has 122 valence electrons. The predicted octanol–water partition coefficient (Wildman–Crippen LogP) is 2.98. The van der Waals surface area contributed by atoms with Crippen LogP contribution in [0.15, 0.2) is 76.2 Å². The first-order chi connectivity index (χ1) is 11.5. The van der Waals surface area contributed by atoms with Gasteiger partial charge in [-0.3, -0.25) is 0 Å². The Bertz CT molecular complexity index is 944. The van der Waals surface area contributed by atoms with E-state index in [1.54, 1.807) is 30.4 Å². The molecule has 24 heavy (non-hydrogen) atoms. The summed E-state index contributed by atoms with van der Waals surface area (Å²) in [5.74, 6) is -0.912. The first-order valence-electron chi connectivity index (χ1n) is 7.21. The van der Waals surface area contributed by atoms with Crippen molar-refractivity contribution in [1.29, 1.82) is 0 Å². The molecule has 3 rings (SSSR count). The summed E-state index contributed by atoms with van der Waals surface area (Å²) in [5, 5.41) is 3.00. The zero-order valence-electron chi connectivity index (χ0n) is 12.9. The number of ether oxygens (including phenoxy) is 1. The first kappa shape index (κ1) is 16.0. The van der Waals surface area contributed by atoms with Crippen molar-refractivity contribution in [2.45, 2.75) is 4.90 Å². The molecule has 5 nitrogen and oxygen atoms in total. The minimum absolute atomic E-state index is 0.0342. The second kappa shape index (κ2) is 6.33. The lowest BCUT2D eigenvalue weighted by molar-refractivity contribution is -0.135. The van der Waals surface area contributed by atoms with E-state index in [1.807, 2.05) is 24.3 Å². The van der Waals surface area contributed by atoms with Crippen LogP contribution in [0.4, 0.5) is 5.69 Å². The van der Waals surface area contributed by atoms with Crippen LogP contribution in [0.1, 0.15) is 5.56 Å². The van der Waals surface area contributed by atoms with E-state index in [4.69, 9.17) is 4.74 Å². The van der Waals surface area contributed by atoms with Crippen LogP contribution < -0.4 is 5.32 Å². The van der Waals surface area contributed by atoms with Crippen LogP contribution in [-0.4, -0.2) is 21.5 Å². The molecule has 2 aromatic rings. The van der Waals surface area contributed by atoms with Gasteiger partial charge in [-0.05, 0) is 29.8 Å². The zero-order valence-corrected chi connectivity index (χ0v) is 13.7. The minimum Gasteiger partial charge on any atom is -0.465 e. The van der Waals surface area contributed by atoms with Crippen molar-refractivity contribution in [3.8, 4) is 0 Å². The Morgan fingerprint density at radius 1 is 0.958 bits per heavy atom. The molecule has 6 heteroatoms. The molecule has 0 saturated heterocycles. The van der Waals surface area contributed by atoms with E-state index in [0.29, 0.717) is 0 Å². The number of sulfone groups is 1. The second-order valence-corrected chi connectivity index (χ2v) is 6.98. The summed E-state index contributed by atoms with van der Waals surface area (Å²) in [4.78, 5) is 11.8. The maximum Gasteiger partial charge on any atom is 0.352 e. The number of carbonyl (C=O) groups excluding carboxylic acids is 1. The van der Waals surface area contributed by atoms with Crippen molar-refractivity contribution in [3.05, 3.63) is 76.8 Å². The van der Waals surface area contributed by atoms with Crippen LogP contribution in [0.5, 0.6) is 0 Å². The fourth-order valence-corrected chi connectivity index (χ4v) is 3.89. The van der Waals surface area contributed by atoms with Crippen LogP contribution in [0.3, 0.4) is 0 Å². The van der Waals surface area contributed by atoms with Crippen molar-refractivity contribution in [3.63, 3.8) is 0 Å². The van der Waals surface area contributed by atoms with Gasteiger partial charge in [-0.1, -0.05) is 42.5 Å². The summed E-state index contributed by atoms with van der Waals surface area (Å²) in [6.07, 6.45) is 3.32. The fraction of sp³-hybridized carbons (Fsp3) is 0.0556. The van der Waals surface area contributed by atoms with Crippen LogP contribution in [0.25, 0.3) is 6.08 Å². The van der Waals surface area contributed by atoms with Gasteiger partial charge < -0.3 is 10.1 Å². The molecule has 0 fully saturated rings. The van der Waals surface area contributed by atoms with Crippen molar-refractivity contribution in [2.75, 3.05) is 12.4 Å². The molecule has 0 bridgehead atoms. The summed E-state index contributed by atoms with van der Waals surface area (Å²) in [6, 6.07) is 15.2. The number of nitrogens with one attached hydrogen (secondary N) is 1. The number of carbonyl (C=O) groups is 1. The summed E-state index contributed by atoms with van der Waals surface area (Å²) in [5.41, 5.74) is 1.81. The molecule has 0 amide bonds. The van der Waals surface area contributed by atoms with E-state index >= 15 is 0 Å². The SMILES string of the molecule is COC(=O)/C(=C1/C=Cc2ccccc2N1)S(=O)(=O)c1ccccc1. The largest absolute Gasteiger partial charge is 0.465 e. The Morgan fingerprint density at radius 2 is 1.62 bits per heavy atom. The van der Waals surface area contributed by atoms with Crippen LogP contribution in [0.2, 0.25) is 0 Å². The number of para-hydroxylation sites is 1. The van der Waals surface area contributed by atoms with E-state index in [9.17, 15) is 13.2 Å². The summed E-state index contributed by atoms with van der Waals surface area (Å²) >= 11 is 0. The summed E-state index contributed by atoms with van der Waals surface area (Å²) in [7, 11) is -2.87. The molecule has 1 N–H and O–H groups in total. The molecule has 1 aliphatic heterocycles. The third kappa shape index (κ3) is 2.83. The van der Waals surface area contributed by atoms with E-state index in [2.05, 4.69) is 5.32 Å². The predicted molar refractivity (Wildman–Crippen MR) is 91.8 cm³/mol. The minimum atomic E-state index is -4.02. The Hall–Kier alpha value is -2.86. The summed E-state index contributed by atoms with van der Waals surface area (Å²) in [6.45, 7) is 0. The van der Waals surface area contributed by atoms with E-state index in [1.165, 1.54) is 12.1 Å². The third-order valence-electron chi connectivity index (χ3n) is 3.60. The lowest BCUT2D eigenvalue weighted by Gasteiger charge is -2.18. The van der Waals surface area contributed by atoms with Gasteiger partial charge in [-0.25, -0.2) is 13.2 Å². The highest BCUT2D eigenvalue weighted by atomic mass is 32.2. The number of allylic oxidation sites excluding steroid dienone is 1.